The first-order chi connectivity index (χ1) is 12.4. The molecule has 150 valence electrons. The maximum absolute atomic E-state index is 5.67. The second-order valence-electron chi connectivity index (χ2n) is 5.65. The lowest BCUT2D eigenvalue weighted by molar-refractivity contribution is -0.0676. The number of rotatable bonds is 18. The van der Waals surface area contributed by atoms with Crippen molar-refractivity contribution in [3.8, 4) is 0 Å². The van der Waals surface area contributed by atoms with Gasteiger partial charge in [0.2, 0.25) is 0 Å². The molecule has 0 unspecified atom stereocenters. The van der Waals surface area contributed by atoms with Gasteiger partial charge in [-0.05, 0) is 0 Å². The minimum atomic E-state index is -0.112. The highest BCUT2D eigenvalue weighted by atomic mass is 16.7. The van der Waals surface area contributed by atoms with Crippen LogP contribution in [0.5, 0.6) is 0 Å². The maximum Gasteiger partial charge on any atom is 0.160 e. The second-order valence-corrected chi connectivity index (χ2v) is 5.65. The zero-order valence-corrected chi connectivity index (χ0v) is 15.6. The van der Waals surface area contributed by atoms with Gasteiger partial charge in [0.15, 0.2) is 6.29 Å². The van der Waals surface area contributed by atoms with E-state index in [9.17, 15) is 0 Å². The van der Waals surface area contributed by atoms with Crippen LogP contribution in [-0.4, -0.2) is 99.8 Å². The Kier molecular flexibility index (Phi) is 15.6. The molecule has 0 amide bonds. The summed E-state index contributed by atoms with van der Waals surface area (Å²) in [5, 5.41) is 0. The van der Waals surface area contributed by atoms with E-state index in [2.05, 4.69) is 0 Å². The van der Waals surface area contributed by atoms with E-state index in [4.69, 9.17) is 37.9 Å². The molecule has 0 aromatic carbocycles. The Bertz CT molecular complexity index is 261. The van der Waals surface area contributed by atoms with Crippen molar-refractivity contribution in [3.63, 3.8) is 0 Å². The summed E-state index contributed by atoms with van der Waals surface area (Å²) in [5.41, 5.74) is 0. The molecule has 25 heavy (non-hydrogen) atoms. The van der Waals surface area contributed by atoms with Gasteiger partial charge >= 0.3 is 0 Å². The van der Waals surface area contributed by atoms with Crippen LogP contribution in [-0.2, 0) is 37.9 Å². The van der Waals surface area contributed by atoms with Crippen molar-refractivity contribution in [1.82, 2.24) is 0 Å². The average molecular weight is 366 g/mol. The molecule has 0 aromatic heterocycles. The van der Waals surface area contributed by atoms with Crippen molar-refractivity contribution >= 4 is 0 Å². The van der Waals surface area contributed by atoms with Crippen molar-refractivity contribution in [2.75, 3.05) is 93.5 Å². The third-order valence-electron chi connectivity index (χ3n) is 3.48. The fourth-order valence-electron chi connectivity index (χ4n) is 2.15. The summed E-state index contributed by atoms with van der Waals surface area (Å²) in [6.07, 6.45) is 0.641. The van der Waals surface area contributed by atoms with Crippen LogP contribution < -0.4 is 0 Å². The molecule has 0 atom stereocenters. The first-order valence-electron chi connectivity index (χ1n) is 8.88. The second kappa shape index (κ2) is 17.1. The van der Waals surface area contributed by atoms with E-state index >= 15 is 0 Å². The van der Waals surface area contributed by atoms with Gasteiger partial charge in [-0.1, -0.05) is 0 Å². The van der Waals surface area contributed by atoms with Crippen LogP contribution in [0.3, 0.4) is 0 Å². The molecule has 0 radical (unpaired) electrons. The molecule has 0 bridgehead atoms. The number of ether oxygens (including phenoxy) is 8. The lowest BCUT2D eigenvalue weighted by Gasteiger charge is -2.17. The molecule has 1 aliphatic rings. The van der Waals surface area contributed by atoms with Gasteiger partial charge in [-0.3, -0.25) is 0 Å². The van der Waals surface area contributed by atoms with E-state index in [1.165, 1.54) is 0 Å². The lowest BCUT2D eigenvalue weighted by atomic mass is 10.2. The first-order valence-corrected chi connectivity index (χ1v) is 8.88. The zero-order chi connectivity index (χ0) is 18.0. The standard InChI is InChI=1S/C17H34O8/c1-18-5-7-21-13-16(14-22-8-6-19-2)15-23-10-9-20-4-3-17-24-11-12-25-17/h16-17H,3-15H2,1-2H3. The predicted octanol–water partition coefficient (Wildman–Crippen LogP) is 0.725. The van der Waals surface area contributed by atoms with Gasteiger partial charge in [-0.25, -0.2) is 0 Å². The van der Waals surface area contributed by atoms with Crippen LogP contribution in [0, 0.1) is 5.92 Å². The number of methoxy groups -OCH3 is 2. The average Bonchev–Trinajstić information content (AvgIpc) is 3.14. The van der Waals surface area contributed by atoms with Crippen LogP contribution >= 0.6 is 0 Å². The molecule has 1 saturated heterocycles. The normalized spacial score (nSPS) is 15.5. The summed E-state index contributed by atoms with van der Waals surface area (Å²) in [5.74, 6) is 0.175. The molecule has 8 nitrogen and oxygen atoms in total. The maximum atomic E-state index is 5.67. The SMILES string of the molecule is COCCOCC(COCCOC)COCCOCCC1OCCO1. The Balaban J connectivity index is 2.00. The third-order valence-corrected chi connectivity index (χ3v) is 3.48. The van der Waals surface area contributed by atoms with Crippen LogP contribution in [0.25, 0.3) is 0 Å². The van der Waals surface area contributed by atoms with E-state index in [1.54, 1.807) is 14.2 Å². The minimum Gasteiger partial charge on any atom is -0.382 e. The lowest BCUT2D eigenvalue weighted by Crippen LogP contribution is -2.24. The Hall–Kier alpha value is -0.320. The molecule has 0 aromatic rings. The monoisotopic (exact) mass is 366 g/mol. The third kappa shape index (κ3) is 13.5. The predicted molar refractivity (Wildman–Crippen MR) is 90.8 cm³/mol. The molecule has 0 aliphatic carbocycles. The Labute approximate surface area is 150 Å². The number of hydrogen-bond acceptors (Lipinski definition) is 8. The smallest absolute Gasteiger partial charge is 0.160 e. The van der Waals surface area contributed by atoms with Crippen molar-refractivity contribution in [1.29, 1.82) is 0 Å². The largest absolute Gasteiger partial charge is 0.382 e. The van der Waals surface area contributed by atoms with Gasteiger partial charge < -0.3 is 37.9 Å². The molecular weight excluding hydrogens is 332 g/mol. The molecule has 1 heterocycles. The summed E-state index contributed by atoms with van der Waals surface area (Å²) >= 11 is 0. The summed E-state index contributed by atoms with van der Waals surface area (Å²) < 4.78 is 43.0. The summed E-state index contributed by atoms with van der Waals surface area (Å²) in [6.45, 7) is 7.08. The Morgan fingerprint density at radius 3 is 1.68 bits per heavy atom. The Morgan fingerprint density at radius 1 is 0.680 bits per heavy atom. The van der Waals surface area contributed by atoms with Gasteiger partial charge in [0.25, 0.3) is 0 Å². The summed E-state index contributed by atoms with van der Waals surface area (Å²) in [4.78, 5) is 0. The van der Waals surface area contributed by atoms with E-state index in [-0.39, 0.29) is 12.2 Å². The summed E-state index contributed by atoms with van der Waals surface area (Å²) in [6, 6.07) is 0. The van der Waals surface area contributed by atoms with Crippen molar-refractivity contribution in [3.05, 3.63) is 0 Å². The van der Waals surface area contributed by atoms with E-state index in [0.717, 1.165) is 6.42 Å². The van der Waals surface area contributed by atoms with Gasteiger partial charge in [0.1, 0.15) is 0 Å². The number of hydrogen-bond donors (Lipinski definition) is 0. The zero-order valence-electron chi connectivity index (χ0n) is 15.6. The van der Waals surface area contributed by atoms with Gasteiger partial charge in [0, 0.05) is 26.6 Å². The van der Waals surface area contributed by atoms with Crippen molar-refractivity contribution in [2.45, 2.75) is 12.7 Å². The van der Waals surface area contributed by atoms with Crippen molar-refractivity contribution < 1.29 is 37.9 Å². The van der Waals surface area contributed by atoms with E-state index in [1.807, 2.05) is 0 Å². The van der Waals surface area contributed by atoms with Gasteiger partial charge in [-0.15, -0.1) is 0 Å². The fourth-order valence-corrected chi connectivity index (χ4v) is 2.15. The van der Waals surface area contributed by atoms with Crippen LogP contribution in [0.2, 0.25) is 0 Å². The molecule has 0 N–H and O–H groups in total. The quantitative estimate of drug-likeness (QED) is 0.329. The van der Waals surface area contributed by atoms with Gasteiger partial charge in [0.05, 0.1) is 79.3 Å². The minimum absolute atomic E-state index is 0.112. The van der Waals surface area contributed by atoms with Crippen LogP contribution in [0.1, 0.15) is 6.42 Å². The Morgan fingerprint density at radius 2 is 1.16 bits per heavy atom. The molecule has 1 rings (SSSR count). The molecule has 8 heteroatoms. The van der Waals surface area contributed by atoms with Crippen LogP contribution in [0.15, 0.2) is 0 Å². The fraction of sp³-hybridized carbons (Fsp3) is 1.00. The van der Waals surface area contributed by atoms with Crippen LogP contribution in [0.4, 0.5) is 0 Å². The molecule has 1 fully saturated rings. The molecular formula is C17H34O8. The highest BCUT2D eigenvalue weighted by Crippen LogP contribution is 2.07. The topological polar surface area (TPSA) is 73.8 Å². The van der Waals surface area contributed by atoms with Crippen molar-refractivity contribution in [2.24, 2.45) is 5.92 Å². The molecule has 1 aliphatic heterocycles. The molecule has 0 saturated carbocycles. The summed E-state index contributed by atoms with van der Waals surface area (Å²) in [7, 11) is 3.31. The first kappa shape index (κ1) is 22.7. The highest BCUT2D eigenvalue weighted by Gasteiger charge is 2.15. The van der Waals surface area contributed by atoms with E-state index in [0.29, 0.717) is 79.3 Å². The van der Waals surface area contributed by atoms with E-state index < -0.39 is 0 Å². The highest BCUT2D eigenvalue weighted by molar-refractivity contribution is 4.57. The molecule has 0 spiro atoms. The van der Waals surface area contributed by atoms with Gasteiger partial charge in [-0.2, -0.15) is 0 Å².